The van der Waals surface area contributed by atoms with E-state index in [1.807, 2.05) is 0 Å². The second-order valence-electron chi connectivity index (χ2n) is 10.7. The Morgan fingerprint density at radius 1 is 0.440 bits per heavy atom. The number of hydrogen-bond acceptors (Lipinski definition) is 5. The van der Waals surface area contributed by atoms with Crippen LogP contribution in [0.3, 0.4) is 0 Å². The van der Waals surface area contributed by atoms with Gasteiger partial charge in [-0.3, -0.25) is 0 Å². The van der Waals surface area contributed by atoms with Gasteiger partial charge in [0.2, 0.25) is 0 Å². The van der Waals surface area contributed by atoms with Crippen molar-refractivity contribution in [1.82, 2.24) is 0 Å². The van der Waals surface area contributed by atoms with Crippen LogP contribution in [0.15, 0.2) is 0 Å². The molecule has 0 N–H and O–H groups in total. The minimum atomic E-state index is -1.80. The maximum absolute atomic E-state index is 6.50. The highest BCUT2D eigenvalue weighted by Gasteiger charge is 2.52. The van der Waals surface area contributed by atoms with Crippen LogP contribution in [0.5, 0.6) is 0 Å². The average molecular weight is 425 g/mol. The molecule has 4 atom stereocenters. The van der Waals surface area contributed by atoms with Gasteiger partial charge in [-0.25, -0.2) is 0 Å². The zero-order chi connectivity index (χ0) is 19.8. The Kier molecular flexibility index (Phi) is 7.55. The molecule has 150 valence electrons. The molecule has 1 heterocycles. The second kappa shape index (κ2) is 7.96. The molecular formula is C16H40O5Si4. The highest BCUT2D eigenvalue weighted by atomic mass is 28.4. The monoisotopic (exact) mass is 424 g/mol. The van der Waals surface area contributed by atoms with Crippen LogP contribution in [0.25, 0.3) is 0 Å². The van der Waals surface area contributed by atoms with E-state index in [9.17, 15) is 0 Å². The van der Waals surface area contributed by atoms with Crippen LogP contribution in [0.1, 0.15) is 0 Å². The summed E-state index contributed by atoms with van der Waals surface area (Å²) < 4.78 is 31.9. The van der Waals surface area contributed by atoms with Crippen LogP contribution in [0, 0.1) is 0 Å². The Morgan fingerprint density at radius 2 is 0.680 bits per heavy atom. The van der Waals surface area contributed by atoms with E-state index in [-0.39, 0.29) is 12.2 Å². The summed E-state index contributed by atoms with van der Waals surface area (Å²) in [5.41, 5.74) is 0. The van der Waals surface area contributed by atoms with Crippen LogP contribution in [0.4, 0.5) is 0 Å². The molecule has 0 amide bonds. The van der Waals surface area contributed by atoms with E-state index in [2.05, 4.69) is 78.6 Å². The molecule has 0 radical (unpaired) electrons. The molecule has 1 fully saturated rings. The first-order valence-corrected chi connectivity index (χ1v) is 22.9. The third-order valence-corrected chi connectivity index (χ3v) is 6.88. The Morgan fingerprint density at radius 3 is 0.880 bits per heavy atom. The molecule has 1 rings (SSSR count). The van der Waals surface area contributed by atoms with Gasteiger partial charge in [-0.2, -0.15) is 0 Å². The summed E-state index contributed by atoms with van der Waals surface area (Å²) in [6, 6.07) is 0. The third kappa shape index (κ3) is 9.43. The predicted octanol–water partition coefficient (Wildman–Crippen LogP) is 4.81. The zero-order valence-corrected chi connectivity index (χ0v) is 22.4. The lowest BCUT2D eigenvalue weighted by Crippen LogP contribution is -2.51. The smallest absolute Gasteiger partial charge is 0.187 e. The van der Waals surface area contributed by atoms with Crippen molar-refractivity contribution in [1.29, 1.82) is 0 Å². The Hall–Kier alpha value is 0.668. The fourth-order valence-electron chi connectivity index (χ4n) is 2.55. The molecule has 1 saturated heterocycles. The van der Waals surface area contributed by atoms with Gasteiger partial charge in [-0.1, -0.05) is 0 Å². The summed E-state index contributed by atoms with van der Waals surface area (Å²) in [4.78, 5) is 0. The van der Waals surface area contributed by atoms with E-state index in [0.29, 0.717) is 0 Å². The highest BCUT2D eigenvalue weighted by molar-refractivity contribution is 6.71. The molecule has 0 aromatic carbocycles. The van der Waals surface area contributed by atoms with Crippen LogP contribution in [-0.2, 0) is 22.4 Å². The summed E-state index contributed by atoms with van der Waals surface area (Å²) in [6.45, 7) is 26.2. The first-order chi connectivity index (χ1) is 10.9. The number of rotatable bonds is 8. The Labute approximate surface area is 159 Å². The number of ether oxygens (including phenoxy) is 1. The second-order valence-corrected chi connectivity index (χ2v) is 28.6. The number of hydrogen-bond donors (Lipinski definition) is 0. The average Bonchev–Trinajstić information content (AvgIpc) is 2.49. The zero-order valence-electron chi connectivity index (χ0n) is 18.4. The summed E-state index contributed by atoms with van der Waals surface area (Å²) in [5, 5.41) is 0. The molecule has 0 aromatic rings. The van der Waals surface area contributed by atoms with Gasteiger partial charge >= 0.3 is 0 Å². The molecule has 0 saturated carbocycles. The van der Waals surface area contributed by atoms with Crippen molar-refractivity contribution in [3.63, 3.8) is 0 Å². The molecular weight excluding hydrogens is 385 g/mol. The van der Waals surface area contributed by atoms with Gasteiger partial charge in [0, 0.05) is 0 Å². The van der Waals surface area contributed by atoms with Crippen molar-refractivity contribution in [3.8, 4) is 0 Å². The molecule has 5 nitrogen and oxygen atoms in total. The molecule has 0 spiro atoms. The van der Waals surface area contributed by atoms with Gasteiger partial charge in [-0.05, 0) is 78.6 Å². The molecule has 9 heteroatoms. The minimum Gasteiger partial charge on any atom is -0.407 e. The summed E-state index contributed by atoms with van der Waals surface area (Å²) in [5.74, 6) is 0. The first-order valence-electron chi connectivity index (χ1n) is 9.23. The largest absolute Gasteiger partial charge is 0.407 e. The van der Waals surface area contributed by atoms with Gasteiger partial charge in [0.15, 0.2) is 45.8 Å². The molecule has 0 aromatic heterocycles. The van der Waals surface area contributed by atoms with Crippen LogP contribution >= 0.6 is 0 Å². The molecule has 1 aliphatic rings. The fraction of sp³-hybridized carbons (Fsp3) is 1.00. The molecule has 1 aliphatic heterocycles. The van der Waals surface area contributed by atoms with Crippen molar-refractivity contribution in [2.24, 2.45) is 0 Å². The van der Waals surface area contributed by atoms with Crippen molar-refractivity contribution in [2.75, 3.05) is 0 Å². The lowest BCUT2D eigenvalue weighted by molar-refractivity contribution is -0.164. The molecule has 25 heavy (non-hydrogen) atoms. The van der Waals surface area contributed by atoms with E-state index >= 15 is 0 Å². The van der Waals surface area contributed by atoms with Crippen LogP contribution < -0.4 is 0 Å². The third-order valence-electron chi connectivity index (χ3n) is 3.05. The van der Waals surface area contributed by atoms with Crippen LogP contribution in [-0.4, -0.2) is 58.1 Å². The quantitative estimate of drug-likeness (QED) is 0.523. The van der Waals surface area contributed by atoms with Gasteiger partial charge in [-0.15, -0.1) is 0 Å². The van der Waals surface area contributed by atoms with E-state index in [1.54, 1.807) is 0 Å². The SMILES string of the molecule is C[Si](C)(C)O[C@H]1O[C@H](O[Si](C)(C)C)[C@H](O[Si](C)(C)C)[C@@H]1O[Si](C)(C)C. The first kappa shape index (κ1) is 23.7. The normalized spacial score (nSPS) is 29.3. The summed E-state index contributed by atoms with van der Waals surface area (Å²) >= 11 is 0. The summed E-state index contributed by atoms with van der Waals surface area (Å²) in [6.07, 6.45) is -1.29. The lowest BCUT2D eigenvalue weighted by Gasteiger charge is -2.35. The fourth-order valence-corrected chi connectivity index (χ4v) is 6.44. The maximum Gasteiger partial charge on any atom is 0.187 e. The molecule has 0 bridgehead atoms. The standard InChI is InChI=1S/C16H40O5Si4/c1-22(2,3)18-13-14(19-23(4,5)6)16(21-25(10,11)12)17-15(13)20-24(7,8)9/h13-16H,1-12H3/t13-,14+,15-,16-/m1/s1. The van der Waals surface area contributed by atoms with E-state index < -0.39 is 45.8 Å². The minimum absolute atomic E-state index is 0.230. The van der Waals surface area contributed by atoms with Gasteiger partial charge in [0.05, 0.1) is 0 Å². The Bertz CT molecular complexity index is 394. The highest BCUT2D eigenvalue weighted by Crippen LogP contribution is 2.35. The van der Waals surface area contributed by atoms with Crippen molar-refractivity contribution in [3.05, 3.63) is 0 Å². The van der Waals surface area contributed by atoms with Crippen molar-refractivity contribution >= 4 is 33.3 Å². The maximum atomic E-state index is 6.50. The molecule has 0 unspecified atom stereocenters. The van der Waals surface area contributed by atoms with E-state index in [1.165, 1.54) is 0 Å². The Balaban J connectivity index is 3.16. The topological polar surface area (TPSA) is 46.2 Å². The van der Waals surface area contributed by atoms with Crippen molar-refractivity contribution < 1.29 is 22.4 Å². The van der Waals surface area contributed by atoms with Crippen LogP contribution in [0.2, 0.25) is 78.6 Å². The van der Waals surface area contributed by atoms with Gasteiger partial charge < -0.3 is 22.4 Å². The predicted molar refractivity (Wildman–Crippen MR) is 114 cm³/mol. The van der Waals surface area contributed by atoms with Crippen molar-refractivity contribution in [2.45, 2.75) is 103 Å². The van der Waals surface area contributed by atoms with E-state index in [4.69, 9.17) is 22.4 Å². The summed E-state index contributed by atoms with van der Waals surface area (Å²) in [7, 11) is -7.18. The molecule has 0 aliphatic carbocycles. The van der Waals surface area contributed by atoms with E-state index in [0.717, 1.165) is 0 Å². The van der Waals surface area contributed by atoms with Gasteiger partial charge in [0.25, 0.3) is 0 Å². The lowest BCUT2D eigenvalue weighted by atomic mass is 10.2. The van der Waals surface area contributed by atoms with Gasteiger partial charge in [0.1, 0.15) is 12.2 Å².